The van der Waals surface area contributed by atoms with Crippen LogP contribution in [0.3, 0.4) is 0 Å². The molecule has 0 aromatic heterocycles. The van der Waals surface area contributed by atoms with Gasteiger partial charge in [-0.2, -0.15) is 0 Å². The van der Waals surface area contributed by atoms with Crippen LogP contribution in [0, 0.1) is 5.92 Å². The van der Waals surface area contributed by atoms with Crippen LogP contribution < -0.4 is 16.5 Å². The summed E-state index contributed by atoms with van der Waals surface area (Å²) in [6, 6.07) is 1.11. The summed E-state index contributed by atoms with van der Waals surface area (Å²) in [7, 11) is 0. The van der Waals surface area contributed by atoms with Crippen molar-refractivity contribution in [2.75, 3.05) is 19.6 Å². The molecule has 3 rings (SSSR count). The number of rotatable bonds is 2. The lowest BCUT2D eigenvalue weighted by molar-refractivity contribution is 0.0612. The highest BCUT2D eigenvalue weighted by atomic mass is 15.5. The van der Waals surface area contributed by atoms with Crippen molar-refractivity contribution < 1.29 is 0 Å². The van der Waals surface area contributed by atoms with Crippen LogP contribution in [0.4, 0.5) is 0 Å². The molecule has 0 aromatic rings. The lowest BCUT2D eigenvalue weighted by Crippen LogP contribution is -2.60. The van der Waals surface area contributed by atoms with Crippen LogP contribution in [0.25, 0.3) is 0 Å². The molecular weight excluding hydrogens is 250 g/mol. The zero-order chi connectivity index (χ0) is 14.1. The molecule has 3 aliphatic rings. The number of allylic oxidation sites excluding steroid dienone is 2. The van der Waals surface area contributed by atoms with E-state index in [1.807, 2.05) is 5.01 Å². The Bertz CT molecular complexity index is 440. The van der Waals surface area contributed by atoms with Gasteiger partial charge in [-0.25, -0.2) is 5.01 Å². The molecule has 1 saturated heterocycles. The standard InChI is InChI=1S/C15H25N5/c1-11(2)14-10-19(7-8-20(14)16)15-9-17-12-5-3-4-6-13(12)18-15/h3-6,9,11-14,17-18H,7-8,10,16H2,1-2H3. The second-order valence-corrected chi connectivity index (χ2v) is 6.16. The first-order valence-electron chi connectivity index (χ1n) is 7.49. The maximum absolute atomic E-state index is 6.11. The summed E-state index contributed by atoms with van der Waals surface area (Å²) in [5.74, 6) is 7.85. The Balaban J connectivity index is 1.69. The molecule has 0 aromatic carbocycles. The van der Waals surface area contributed by atoms with Crippen molar-refractivity contribution in [3.8, 4) is 0 Å². The molecule has 0 amide bonds. The number of piperazine rings is 1. The van der Waals surface area contributed by atoms with Gasteiger partial charge in [0.15, 0.2) is 0 Å². The van der Waals surface area contributed by atoms with Crippen LogP contribution >= 0.6 is 0 Å². The third kappa shape index (κ3) is 2.55. The number of fused-ring (bicyclic) bond motifs is 1. The second kappa shape index (κ2) is 5.50. The van der Waals surface area contributed by atoms with Gasteiger partial charge in [0, 0.05) is 31.9 Å². The Morgan fingerprint density at radius 1 is 1.20 bits per heavy atom. The van der Waals surface area contributed by atoms with Crippen LogP contribution in [-0.4, -0.2) is 47.7 Å². The highest BCUT2D eigenvalue weighted by Gasteiger charge is 2.31. The van der Waals surface area contributed by atoms with Crippen molar-refractivity contribution in [1.82, 2.24) is 20.5 Å². The van der Waals surface area contributed by atoms with Gasteiger partial charge in [-0.05, 0) is 5.92 Å². The molecular formula is C15H25N5. The summed E-state index contributed by atoms with van der Waals surface area (Å²) >= 11 is 0. The largest absolute Gasteiger partial charge is 0.379 e. The minimum Gasteiger partial charge on any atom is -0.379 e. The van der Waals surface area contributed by atoms with Crippen LogP contribution in [-0.2, 0) is 0 Å². The Hall–Kier alpha value is -1.46. The molecule has 3 atom stereocenters. The summed E-state index contributed by atoms with van der Waals surface area (Å²) in [5, 5.41) is 9.09. The lowest BCUT2D eigenvalue weighted by Gasteiger charge is -2.45. The van der Waals surface area contributed by atoms with Gasteiger partial charge in [0.25, 0.3) is 0 Å². The zero-order valence-electron chi connectivity index (χ0n) is 12.3. The average Bonchev–Trinajstić information content (AvgIpc) is 2.47. The quantitative estimate of drug-likeness (QED) is 0.635. The van der Waals surface area contributed by atoms with E-state index in [-0.39, 0.29) is 0 Å². The van der Waals surface area contributed by atoms with Crippen molar-refractivity contribution in [3.63, 3.8) is 0 Å². The Labute approximate surface area is 121 Å². The van der Waals surface area contributed by atoms with E-state index in [1.165, 1.54) is 5.82 Å². The molecule has 5 heteroatoms. The molecule has 1 aliphatic carbocycles. The maximum atomic E-state index is 6.11. The molecule has 0 radical (unpaired) electrons. The topological polar surface area (TPSA) is 56.6 Å². The molecule has 20 heavy (non-hydrogen) atoms. The first-order valence-corrected chi connectivity index (χ1v) is 7.49. The van der Waals surface area contributed by atoms with Crippen molar-refractivity contribution in [2.24, 2.45) is 11.8 Å². The van der Waals surface area contributed by atoms with E-state index in [0.717, 1.165) is 19.6 Å². The fourth-order valence-electron chi connectivity index (χ4n) is 3.11. The minimum absolute atomic E-state index is 0.341. The van der Waals surface area contributed by atoms with Crippen molar-refractivity contribution in [3.05, 3.63) is 36.3 Å². The van der Waals surface area contributed by atoms with E-state index in [1.54, 1.807) is 0 Å². The fourth-order valence-corrected chi connectivity index (χ4v) is 3.11. The Morgan fingerprint density at radius 2 is 1.95 bits per heavy atom. The molecule has 110 valence electrons. The van der Waals surface area contributed by atoms with E-state index in [4.69, 9.17) is 5.84 Å². The van der Waals surface area contributed by atoms with Crippen molar-refractivity contribution in [2.45, 2.75) is 32.0 Å². The van der Waals surface area contributed by atoms with Gasteiger partial charge < -0.3 is 15.5 Å². The minimum atomic E-state index is 0.341. The first-order chi connectivity index (χ1) is 9.65. The van der Waals surface area contributed by atoms with Crippen molar-refractivity contribution >= 4 is 0 Å². The monoisotopic (exact) mass is 275 g/mol. The average molecular weight is 275 g/mol. The molecule has 0 spiro atoms. The predicted molar refractivity (Wildman–Crippen MR) is 81.3 cm³/mol. The highest BCUT2D eigenvalue weighted by Crippen LogP contribution is 2.19. The van der Waals surface area contributed by atoms with E-state index in [0.29, 0.717) is 24.0 Å². The number of nitrogens with one attached hydrogen (secondary N) is 2. The molecule has 4 N–H and O–H groups in total. The maximum Gasteiger partial charge on any atom is 0.118 e. The zero-order valence-corrected chi connectivity index (χ0v) is 12.3. The highest BCUT2D eigenvalue weighted by molar-refractivity contribution is 5.25. The molecule has 0 bridgehead atoms. The molecule has 2 aliphatic heterocycles. The van der Waals surface area contributed by atoms with E-state index in [2.05, 4.69) is 59.9 Å². The van der Waals surface area contributed by atoms with Gasteiger partial charge in [0.2, 0.25) is 0 Å². The van der Waals surface area contributed by atoms with Gasteiger partial charge in [-0.3, -0.25) is 5.84 Å². The van der Waals surface area contributed by atoms with Gasteiger partial charge >= 0.3 is 0 Å². The van der Waals surface area contributed by atoms with Gasteiger partial charge in [0.1, 0.15) is 5.82 Å². The molecule has 3 unspecified atom stereocenters. The number of hydrogen-bond donors (Lipinski definition) is 3. The number of hydrazine groups is 1. The lowest BCUT2D eigenvalue weighted by atomic mass is 10.00. The Morgan fingerprint density at radius 3 is 2.70 bits per heavy atom. The van der Waals surface area contributed by atoms with Gasteiger partial charge in [-0.15, -0.1) is 0 Å². The van der Waals surface area contributed by atoms with Crippen LogP contribution in [0.5, 0.6) is 0 Å². The number of nitrogens with two attached hydrogens (primary N) is 1. The summed E-state index contributed by atoms with van der Waals surface area (Å²) in [4.78, 5) is 2.41. The second-order valence-electron chi connectivity index (χ2n) is 6.16. The molecule has 5 nitrogen and oxygen atoms in total. The number of hydrogen-bond acceptors (Lipinski definition) is 5. The summed E-state index contributed by atoms with van der Waals surface area (Å²) < 4.78 is 0. The van der Waals surface area contributed by atoms with Gasteiger partial charge in [-0.1, -0.05) is 38.2 Å². The smallest absolute Gasteiger partial charge is 0.118 e. The third-order valence-corrected chi connectivity index (χ3v) is 4.43. The van der Waals surface area contributed by atoms with Crippen LogP contribution in [0.15, 0.2) is 36.3 Å². The summed E-state index contributed by atoms with van der Waals surface area (Å²) in [6.07, 6.45) is 10.7. The van der Waals surface area contributed by atoms with E-state index >= 15 is 0 Å². The fraction of sp³-hybridized carbons (Fsp3) is 0.600. The molecule has 0 saturated carbocycles. The normalized spacial score (nSPS) is 33.5. The summed E-state index contributed by atoms with van der Waals surface area (Å²) in [5.41, 5.74) is 0. The third-order valence-electron chi connectivity index (χ3n) is 4.43. The van der Waals surface area contributed by atoms with E-state index in [9.17, 15) is 0 Å². The van der Waals surface area contributed by atoms with E-state index < -0.39 is 0 Å². The summed E-state index contributed by atoms with van der Waals surface area (Å²) in [6.45, 7) is 7.33. The van der Waals surface area contributed by atoms with Crippen LogP contribution in [0.1, 0.15) is 13.8 Å². The first kappa shape index (κ1) is 13.5. The SMILES string of the molecule is CC(C)C1CN(C2=CNC3C=CC=CC3N2)CCN1N. The van der Waals surface area contributed by atoms with Crippen LogP contribution in [0.2, 0.25) is 0 Å². The Kier molecular flexibility index (Phi) is 3.72. The number of nitrogens with zero attached hydrogens (tertiary/aromatic N) is 2. The predicted octanol–water partition coefficient (Wildman–Crippen LogP) is 0.357. The van der Waals surface area contributed by atoms with Gasteiger partial charge in [0.05, 0.1) is 12.1 Å². The van der Waals surface area contributed by atoms with Crippen molar-refractivity contribution in [1.29, 1.82) is 0 Å². The molecule has 2 heterocycles. The molecule has 1 fully saturated rings.